The number of nitrogens with one attached hydrogen (secondary N) is 1. The lowest BCUT2D eigenvalue weighted by Gasteiger charge is -2.32. The van der Waals surface area contributed by atoms with Gasteiger partial charge >= 0.3 is 0 Å². The lowest BCUT2D eigenvalue weighted by Crippen LogP contribution is -2.41. The third-order valence-electron chi connectivity index (χ3n) is 5.51. The first-order chi connectivity index (χ1) is 15.1. The molecule has 160 valence electrons. The van der Waals surface area contributed by atoms with Crippen molar-refractivity contribution in [3.63, 3.8) is 0 Å². The van der Waals surface area contributed by atoms with Crippen LogP contribution in [0, 0.1) is 12.8 Å². The number of hydrogen-bond donors (Lipinski definition) is 1. The number of nitrogens with zero attached hydrogens (tertiary/aromatic N) is 3. The lowest BCUT2D eigenvalue weighted by atomic mass is 9.97. The summed E-state index contributed by atoms with van der Waals surface area (Å²) in [7, 11) is 0. The number of carbonyl (C=O) groups is 1. The number of ether oxygens (including phenoxy) is 1. The minimum absolute atomic E-state index is 0.0400. The third-order valence-corrected chi connectivity index (χ3v) is 5.51. The van der Waals surface area contributed by atoms with E-state index in [0.717, 1.165) is 47.9 Å². The maximum absolute atomic E-state index is 12.8. The summed E-state index contributed by atoms with van der Waals surface area (Å²) in [5.41, 5.74) is 3.90. The van der Waals surface area contributed by atoms with E-state index in [1.807, 2.05) is 55.5 Å². The molecule has 1 N–H and O–H groups in total. The molecule has 0 unspecified atom stereocenters. The molecule has 1 amide bonds. The van der Waals surface area contributed by atoms with Gasteiger partial charge in [-0.3, -0.25) is 4.79 Å². The van der Waals surface area contributed by atoms with Gasteiger partial charge in [-0.15, -0.1) is 10.2 Å². The number of anilines is 2. The molecule has 0 saturated carbocycles. The minimum atomic E-state index is -0.0847. The number of piperidine rings is 1. The number of benzene rings is 2. The van der Waals surface area contributed by atoms with Gasteiger partial charge in [0.2, 0.25) is 5.91 Å². The molecule has 2 heterocycles. The van der Waals surface area contributed by atoms with E-state index in [1.165, 1.54) is 5.56 Å². The molecule has 0 aliphatic carbocycles. The zero-order valence-electron chi connectivity index (χ0n) is 18.0. The van der Waals surface area contributed by atoms with Crippen LogP contribution in [-0.4, -0.2) is 35.8 Å². The van der Waals surface area contributed by atoms with Crippen LogP contribution in [0.4, 0.5) is 11.5 Å². The molecule has 6 heteroatoms. The van der Waals surface area contributed by atoms with E-state index in [9.17, 15) is 4.79 Å². The number of carbonyl (C=O) groups excluding carboxylic acids is 1. The van der Waals surface area contributed by atoms with Gasteiger partial charge in [0.1, 0.15) is 5.75 Å². The van der Waals surface area contributed by atoms with Crippen molar-refractivity contribution < 1.29 is 9.53 Å². The largest absolute Gasteiger partial charge is 0.494 e. The van der Waals surface area contributed by atoms with Crippen molar-refractivity contribution in [1.29, 1.82) is 0 Å². The Morgan fingerprint density at radius 3 is 2.68 bits per heavy atom. The van der Waals surface area contributed by atoms with Crippen LogP contribution in [0.2, 0.25) is 0 Å². The van der Waals surface area contributed by atoms with Crippen LogP contribution in [0.5, 0.6) is 5.75 Å². The van der Waals surface area contributed by atoms with Crippen LogP contribution in [0.1, 0.15) is 25.3 Å². The Bertz CT molecular complexity index is 1020. The maximum atomic E-state index is 12.8. The fourth-order valence-electron chi connectivity index (χ4n) is 3.90. The van der Waals surface area contributed by atoms with Crippen molar-refractivity contribution in [3.05, 3.63) is 66.2 Å². The average molecular weight is 417 g/mol. The Balaban J connectivity index is 1.39. The van der Waals surface area contributed by atoms with Crippen LogP contribution < -0.4 is 15.0 Å². The van der Waals surface area contributed by atoms with Crippen LogP contribution in [-0.2, 0) is 4.79 Å². The van der Waals surface area contributed by atoms with Gasteiger partial charge in [-0.25, -0.2) is 0 Å². The number of amides is 1. The van der Waals surface area contributed by atoms with Crippen molar-refractivity contribution in [2.75, 3.05) is 29.9 Å². The van der Waals surface area contributed by atoms with Gasteiger partial charge in [-0.1, -0.05) is 23.8 Å². The number of aryl methyl sites for hydroxylation is 1. The summed E-state index contributed by atoms with van der Waals surface area (Å²) >= 11 is 0. The van der Waals surface area contributed by atoms with E-state index in [0.29, 0.717) is 13.2 Å². The second-order valence-corrected chi connectivity index (χ2v) is 7.88. The molecule has 1 aliphatic rings. The predicted octanol–water partition coefficient (Wildman–Crippen LogP) is 4.71. The summed E-state index contributed by atoms with van der Waals surface area (Å²) in [4.78, 5) is 15.0. The standard InChI is InChI=1S/C25H28N4O2/c1-3-31-22-11-9-21(10-12-22)26-25(30)20-8-5-15-29(17-20)24-14-13-23(27-28-24)19-7-4-6-18(2)16-19/h4,6-7,9-14,16,20H,3,5,8,15,17H2,1-2H3,(H,26,30)/t20-/m0/s1. The zero-order chi connectivity index (χ0) is 21.6. The molecule has 2 aromatic carbocycles. The van der Waals surface area contributed by atoms with Gasteiger partial charge in [0, 0.05) is 24.3 Å². The van der Waals surface area contributed by atoms with Crippen molar-refractivity contribution in [2.24, 2.45) is 5.92 Å². The SMILES string of the molecule is CCOc1ccc(NC(=O)[C@H]2CCCN(c3ccc(-c4cccc(C)c4)nn3)C2)cc1. The molecular formula is C25H28N4O2. The molecular weight excluding hydrogens is 388 g/mol. The number of aromatic nitrogens is 2. The highest BCUT2D eigenvalue weighted by molar-refractivity contribution is 5.93. The molecule has 1 saturated heterocycles. The molecule has 1 fully saturated rings. The quantitative estimate of drug-likeness (QED) is 0.631. The molecule has 0 radical (unpaired) electrons. The summed E-state index contributed by atoms with van der Waals surface area (Å²) in [5.74, 6) is 1.57. The molecule has 1 atom stereocenters. The monoisotopic (exact) mass is 416 g/mol. The predicted molar refractivity (Wildman–Crippen MR) is 123 cm³/mol. The molecule has 6 nitrogen and oxygen atoms in total. The average Bonchev–Trinajstić information content (AvgIpc) is 2.81. The summed E-state index contributed by atoms with van der Waals surface area (Å²) in [5, 5.41) is 11.9. The summed E-state index contributed by atoms with van der Waals surface area (Å²) in [6, 6.07) is 19.7. The van der Waals surface area contributed by atoms with E-state index in [1.54, 1.807) is 0 Å². The van der Waals surface area contributed by atoms with E-state index < -0.39 is 0 Å². The molecule has 3 aromatic rings. The van der Waals surface area contributed by atoms with Gasteiger partial charge in [0.25, 0.3) is 0 Å². The molecule has 31 heavy (non-hydrogen) atoms. The summed E-state index contributed by atoms with van der Waals surface area (Å²) in [6.45, 7) is 6.16. The highest BCUT2D eigenvalue weighted by Gasteiger charge is 2.27. The second-order valence-electron chi connectivity index (χ2n) is 7.88. The van der Waals surface area contributed by atoms with E-state index in [2.05, 4.69) is 39.5 Å². The van der Waals surface area contributed by atoms with Gasteiger partial charge in [0.05, 0.1) is 18.2 Å². The Hall–Kier alpha value is -3.41. The molecule has 1 aromatic heterocycles. The van der Waals surface area contributed by atoms with Gasteiger partial charge < -0.3 is 15.0 Å². The lowest BCUT2D eigenvalue weighted by molar-refractivity contribution is -0.120. The Morgan fingerprint density at radius 2 is 1.97 bits per heavy atom. The fraction of sp³-hybridized carbons (Fsp3) is 0.320. The van der Waals surface area contributed by atoms with Gasteiger partial charge in [-0.2, -0.15) is 0 Å². The van der Waals surface area contributed by atoms with Crippen LogP contribution in [0.25, 0.3) is 11.3 Å². The Morgan fingerprint density at radius 1 is 1.13 bits per heavy atom. The van der Waals surface area contributed by atoms with Crippen LogP contribution in [0.15, 0.2) is 60.7 Å². The Kier molecular flexibility index (Phi) is 6.46. The van der Waals surface area contributed by atoms with E-state index >= 15 is 0 Å². The summed E-state index contributed by atoms with van der Waals surface area (Å²) in [6.07, 6.45) is 1.82. The first-order valence-electron chi connectivity index (χ1n) is 10.8. The highest BCUT2D eigenvalue weighted by Crippen LogP contribution is 2.25. The van der Waals surface area contributed by atoms with E-state index in [-0.39, 0.29) is 11.8 Å². The minimum Gasteiger partial charge on any atom is -0.494 e. The van der Waals surface area contributed by atoms with E-state index in [4.69, 9.17) is 4.74 Å². The van der Waals surface area contributed by atoms with Crippen molar-refractivity contribution >= 4 is 17.4 Å². The third kappa shape index (κ3) is 5.20. The normalized spacial score (nSPS) is 16.1. The second kappa shape index (κ2) is 9.60. The van der Waals surface area contributed by atoms with Crippen LogP contribution in [0.3, 0.4) is 0 Å². The highest BCUT2D eigenvalue weighted by atomic mass is 16.5. The van der Waals surface area contributed by atoms with Crippen molar-refractivity contribution in [3.8, 4) is 17.0 Å². The fourth-order valence-corrected chi connectivity index (χ4v) is 3.90. The number of rotatable bonds is 6. The van der Waals surface area contributed by atoms with Crippen LogP contribution >= 0.6 is 0 Å². The van der Waals surface area contributed by atoms with Gasteiger partial charge in [-0.05, 0) is 69.2 Å². The molecule has 4 rings (SSSR count). The van der Waals surface area contributed by atoms with Crippen molar-refractivity contribution in [1.82, 2.24) is 10.2 Å². The maximum Gasteiger partial charge on any atom is 0.229 e. The topological polar surface area (TPSA) is 67.3 Å². The zero-order valence-corrected chi connectivity index (χ0v) is 18.0. The molecule has 0 spiro atoms. The smallest absolute Gasteiger partial charge is 0.229 e. The summed E-state index contributed by atoms with van der Waals surface area (Å²) < 4.78 is 5.46. The first-order valence-corrected chi connectivity index (χ1v) is 10.8. The molecule has 1 aliphatic heterocycles. The molecule has 0 bridgehead atoms. The number of hydrogen-bond acceptors (Lipinski definition) is 5. The Labute approximate surface area is 183 Å². The van der Waals surface area contributed by atoms with Crippen molar-refractivity contribution in [2.45, 2.75) is 26.7 Å². The first kappa shape index (κ1) is 20.8. The van der Waals surface area contributed by atoms with Gasteiger partial charge in [0.15, 0.2) is 5.82 Å².